The number of hydrogen-bond donors (Lipinski definition) is 0. The van der Waals surface area contributed by atoms with Gasteiger partial charge in [0.15, 0.2) is 11.5 Å². The molecular formula is C27H18ClF3N6O2. The molecule has 0 amide bonds. The smallest absolute Gasteiger partial charge is 0.377 e. The molecule has 196 valence electrons. The lowest BCUT2D eigenvalue weighted by Crippen LogP contribution is -2.30. The Balaban J connectivity index is 1.81. The van der Waals surface area contributed by atoms with Crippen LogP contribution in [-0.4, -0.2) is 31.5 Å². The first-order chi connectivity index (χ1) is 18.7. The molecule has 0 radical (unpaired) electrons. The molecule has 0 atom stereocenters. The molecule has 0 saturated heterocycles. The summed E-state index contributed by atoms with van der Waals surface area (Å²) in [5.74, 6) is 0.300. The minimum absolute atomic E-state index is 0.00808. The molecule has 5 aromatic rings. The molecule has 12 heteroatoms. The fraction of sp³-hybridized carbons (Fsp3) is 0.148. The average Bonchev–Trinajstić information content (AvgIpc) is 3.34. The van der Waals surface area contributed by atoms with Crippen LogP contribution in [0.1, 0.15) is 22.6 Å². The van der Waals surface area contributed by atoms with E-state index in [-0.39, 0.29) is 24.4 Å². The predicted molar refractivity (Wildman–Crippen MR) is 137 cm³/mol. The summed E-state index contributed by atoms with van der Waals surface area (Å²) in [6, 6.07) is 17.5. The highest BCUT2D eigenvalue weighted by Crippen LogP contribution is 2.34. The zero-order valence-electron chi connectivity index (χ0n) is 20.3. The highest BCUT2D eigenvalue weighted by molar-refractivity contribution is 6.30. The Morgan fingerprint density at radius 2 is 1.64 bits per heavy atom. The van der Waals surface area contributed by atoms with E-state index in [1.165, 1.54) is 22.4 Å². The van der Waals surface area contributed by atoms with Crippen LogP contribution in [0.2, 0.25) is 5.02 Å². The van der Waals surface area contributed by atoms with Crippen LogP contribution in [0.5, 0.6) is 0 Å². The number of ether oxygens (including phenoxy) is 1. The number of nitrogens with zero attached hydrogens (tertiary/aromatic N) is 6. The van der Waals surface area contributed by atoms with Crippen LogP contribution in [0.3, 0.4) is 0 Å². The first kappa shape index (κ1) is 26.1. The van der Waals surface area contributed by atoms with Crippen molar-refractivity contribution in [1.29, 1.82) is 5.26 Å². The normalized spacial score (nSPS) is 11.6. The van der Waals surface area contributed by atoms with Crippen LogP contribution in [0.4, 0.5) is 13.2 Å². The maximum Gasteiger partial charge on any atom is 0.417 e. The third-order valence-electron chi connectivity index (χ3n) is 6.04. The van der Waals surface area contributed by atoms with Crippen LogP contribution in [0.25, 0.3) is 27.9 Å². The van der Waals surface area contributed by atoms with Gasteiger partial charge in [-0.05, 0) is 47.5 Å². The molecule has 3 aromatic heterocycles. The van der Waals surface area contributed by atoms with Crippen molar-refractivity contribution in [3.8, 4) is 28.3 Å². The lowest BCUT2D eigenvalue weighted by atomic mass is 9.96. The maximum absolute atomic E-state index is 14.2. The summed E-state index contributed by atoms with van der Waals surface area (Å²) >= 11 is 6.10. The number of fused-ring (bicyclic) bond motifs is 1. The Morgan fingerprint density at radius 3 is 2.23 bits per heavy atom. The highest BCUT2D eigenvalue weighted by Gasteiger charge is 2.31. The quantitative estimate of drug-likeness (QED) is 0.282. The first-order valence-corrected chi connectivity index (χ1v) is 11.9. The lowest BCUT2D eigenvalue weighted by molar-refractivity contribution is -0.137. The van der Waals surface area contributed by atoms with Gasteiger partial charge in [0.2, 0.25) is 0 Å². The van der Waals surface area contributed by atoms with Gasteiger partial charge >= 0.3 is 6.18 Å². The Bertz CT molecular complexity index is 1750. The Kier molecular flexibility index (Phi) is 6.91. The topological polar surface area (TPSA) is 98.1 Å². The highest BCUT2D eigenvalue weighted by atomic mass is 35.5. The average molecular weight is 551 g/mol. The van der Waals surface area contributed by atoms with Crippen LogP contribution < -0.4 is 5.56 Å². The second-order valence-corrected chi connectivity index (χ2v) is 8.97. The third-order valence-corrected chi connectivity index (χ3v) is 6.29. The van der Waals surface area contributed by atoms with Gasteiger partial charge in [-0.3, -0.25) is 9.78 Å². The molecule has 2 aromatic carbocycles. The largest absolute Gasteiger partial charge is 0.417 e. The second-order valence-electron chi connectivity index (χ2n) is 8.53. The van der Waals surface area contributed by atoms with E-state index >= 15 is 0 Å². The summed E-state index contributed by atoms with van der Waals surface area (Å²) in [6.07, 6.45) is -3.81. The molecule has 0 unspecified atom stereocenters. The van der Waals surface area contributed by atoms with E-state index in [0.29, 0.717) is 38.7 Å². The molecule has 0 bridgehead atoms. The summed E-state index contributed by atoms with van der Waals surface area (Å²) in [5, 5.41) is 18.3. The zero-order valence-corrected chi connectivity index (χ0v) is 21.0. The Hall–Kier alpha value is -4.53. The fourth-order valence-electron chi connectivity index (χ4n) is 4.23. The van der Waals surface area contributed by atoms with Gasteiger partial charge in [-0.2, -0.15) is 18.4 Å². The van der Waals surface area contributed by atoms with Crippen molar-refractivity contribution in [3.63, 3.8) is 0 Å². The Labute approximate surface area is 224 Å². The van der Waals surface area contributed by atoms with E-state index in [4.69, 9.17) is 16.3 Å². The SMILES string of the molecule is COCc1nnc2c(-c3ccc(C#N)cc3)c(-c3ccc(Cl)cc3)c(=O)n(Cc3ccc(C(F)(F)F)cn3)n12. The second kappa shape index (κ2) is 10.3. The molecule has 0 spiro atoms. The minimum Gasteiger partial charge on any atom is -0.377 e. The van der Waals surface area contributed by atoms with Crippen LogP contribution in [0, 0.1) is 11.3 Å². The molecule has 0 fully saturated rings. The molecule has 0 aliphatic carbocycles. The van der Waals surface area contributed by atoms with Gasteiger partial charge in [0.25, 0.3) is 5.56 Å². The molecule has 8 nitrogen and oxygen atoms in total. The monoisotopic (exact) mass is 550 g/mol. The lowest BCUT2D eigenvalue weighted by Gasteiger charge is -2.18. The first-order valence-electron chi connectivity index (χ1n) is 11.5. The Morgan fingerprint density at radius 1 is 0.974 bits per heavy atom. The van der Waals surface area contributed by atoms with Crippen molar-refractivity contribution < 1.29 is 17.9 Å². The number of methoxy groups -OCH3 is 1. The van der Waals surface area contributed by atoms with Crippen molar-refractivity contribution in [3.05, 3.63) is 105 Å². The summed E-state index contributed by atoms with van der Waals surface area (Å²) < 4.78 is 47.3. The molecular weight excluding hydrogens is 533 g/mol. The van der Waals surface area contributed by atoms with E-state index < -0.39 is 17.3 Å². The molecule has 0 aliphatic heterocycles. The van der Waals surface area contributed by atoms with Crippen molar-refractivity contribution in [2.24, 2.45) is 0 Å². The van der Waals surface area contributed by atoms with Gasteiger partial charge in [0.05, 0.1) is 35.0 Å². The summed E-state index contributed by atoms with van der Waals surface area (Å²) in [5.41, 5.74) is 1.47. The number of halogens is 4. The number of aromatic nitrogens is 5. The van der Waals surface area contributed by atoms with E-state index in [1.54, 1.807) is 48.5 Å². The zero-order chi connectivity index (χ0) is 27.7. The maximum atomic E-state index is 14.2. The van der Waals surface area contributed by atoms with Crippen molar-refractivity contribution in [2.75, 3.05) is 7.11 Å². The van der Waals surface area contributed by atoms with E-state index in [9.17, 15) is 23.2 Å². The van der Waals surface area contributed by atoms with Gasteiger partial charge in [-0.1, -0.05) is 35.9 Å². The van der Waals surface area contributed by atoms with E-state index in [1.807, 2.05) is 0 Å². The molecule has 3 heterocycles. The fourth-order valence-corrected chi connectivity index (χ4v) is 4.36. The third kappa shape index (κ3) is 4.99. The minimum atomic E-state index is -4.54. The summed E-state index contributed by atoms with van der Waals surface area (Å²) in [4.78, 5) is 18.2. The number of alkyl halides is 3. The van der Waals surface area contributed by atoms with Gasteiger partial charge in [-0.15, -0.1) is 10.2 Å². The number of nitriles is 1. The summed E-state index contributed by atoms with van der Waals surface area (Å²) in [6.45, 7) is -0.162. The number of pyridine rings is 1. The van der Waals surface area contributed by atoms with E-state index in [2.05, 4.69) is 21.3 Å². The van der Waals surface area contributed by atoms with Crippen LogP contribution >= 0.6 is 11.6 Å². The van der Waals surface area contributed by atoms with Crippen molar-refractivity contribution in [2.45, 2.75) is 19.3 Å². The molecule has 5 rings (SSSR count). The molecule has 39 heavy (non-hydrogen) atoms. The van der Waals surface area contributed by atoms with Crippen molar-refractivity contribution in [1.82, 2.24) is 24.4 Å². The van der Waals surface area contributed by atoms with Gasteiger partial charge in [0.1, 0.15) is 6.61 Å². The molecule has 0 aliphatic rings. The van der Waals surface area contributed by atoms with Crippen molar-refractivity contribution >= 4 is 17.2 Å². The van der Waals surface area contributed by atoms with Crippen LogP contribution in [0.15, 0.2) is 71.7 Å². The standard InChI is InChI=1S/C27H18ClF3N6O2/c1-39-15-22-34-35-25-23(17-4-2-16(12-32)3-5-17)24(18-6-9-20(28)10-7-18)26(38)36(37(22)25)14-21-11-8-19(13-33-21)27(29,30)31/h2-11,13H,14-15H2,1H3. The number of hydrogen-bond acceptors (Lipinski definition) is 6. The number of rotatable bonds is 6. The van der Waals surface area contributed by atoms with Gasteiger partial charge < -0.3 is 4.74 Å². The van der Waals surface area contributed by atoms with Gasteiger partial charge in [-0.25, -0.2) is 9.20 Å². The summed E-state index contributed by atoms with van der Waals surface area (Å²) in [7, 11) is 1.46. The van der Waals surface area contributed by atoms with Crippen LogP contribution in [-0.2, 0) is 24.1 Å². The number of benzene rings is 2. The van der Waals surface area contributed by atoms with Gasteiger partial charge in [0, 0.05) is 23.9 Å². The van der Waals surface area contributed by atoms with E-state index in [0.717, 1.165) is 12.3 Å². The molecule has 0 N–H and O–H groups in total. The molecule has 0 saturated carbocycles. The predicted octanol–water partition coefficient (Wildman–Crippen LogP) is 5.36.